The Morgan fingerprint density at radius 3 is 2.24 bits per heavy atom. The number of nitriles is 1. The molecule has 4 saturated carbocycles. The lowest BCUT2D eigenvalue weighted by atomic mass is 9.34. The van der Waals surface area contributed by atoms with Crippen LogP contribution in [0.1, 0.15) is 92.4 Å². The second kappa shape index (κ2) is 7.49. The summed E-state index contributed by atoms with van der Waals surface area (Å²) in [5.74, 6) is 0.402. The molecule has 38 heavy (non-hydrogen) atoms. The average Bonchev–Trinajstić information content (AvgIpc) is 3.63. The van der Waals surface area contributed by atoms with Crippen molar-refractivity contribution in [1.29, 1.82) is 5.26 Å². The minimum Gasteiger partial charge on any atom is -0.348 e. The van der Waals surface area contributed by atoms with Gasteiger partial charge in [-0.3, -0.25) is 14.4 Å². The number of nitrogens with zero attached hydrogens (tertiary/aromatic N) is 2. The molecule has 0 bridgehead atoms. The highest BCUT2D eigenvalue weighted by Gasteiger charge is 2.73. The summed E-state index contributed by atoms with van der Waals surface area (Å²) in [6.07, 6.45) is 11.9. The topological polar surface area (TPSA) is 78.2 Å². The molecule has 0 aromatic heterocycles. The summed E-state index contributed by atoms with van der Waals surface area (Å²) < 4.78 is 0. The van der Waals surface area contributed by atoms with Crippen LogP contribution in [0.3, 0.4) is 0 Å². The highest BCUT2D eigenvalue weighted by atomic mass is 16.2. The molecule has 0 unspecified atom stereocenters. The summed E-state index contributed by atoms with van der Waals surface area (Å²) in [5.41, 5.74) is -0.298. The third-order valence-electron chi connectivity index (χ3n) is 13.1. The molecule has 0 saturated heterocycles. The minimum absolute atomic E-state index is 0.0282. The van der Waals surface area contributed by atoms with Crippen LogP contribution in [0.4, 0.5) is 0 Å². The van der Waals surface area contributed by atoms with Crippen LogP contribution < -0.4 is 0 Å². The standard InChI is InChI=1S/C33H44N2O3/c1-28(2)10-12-32(27(38)35(6)7)13-11-31(5)25(21(32)18-28)22(36)16-24-29(3)17-20(19-34)26(37)33(14-15-33)23(29)8-9-30(24,31)4/h16-17,21,23,25H,8-15,18H2,1-7H3/t21-,23+,25-,29-,30+,31+,32-/m0/s1. The van der Waals surface area contributed by atoms with Gasteiger partial charge in [0.1, 0.15) is 6.07 Å². The summed E-state index contributed by atoms with van der Waals surface area (Å²) in [7, 11) is 3.73. The predicted molar refractivity (Wildman–Crippen MR) is 145 cm³/mol. The maximum absolute atomic E-state index is 14.5. The summed E-state index contributed by atoms with van der Waals surface area (Å²) in [6, 6.07) is 2.22. The van der Waals surface area contributed by atoms with Gasteiger partial charge in [0.2, 0.25) is 5.91 Å². The Morgan fingerprint density at radius 2 is 1.63 bits per heavy atom. The van der Waals surface area contributed by atoms with Gasteiger partial charge in [-0.25, -0.2) is 0 Å². The first kappa shape index (κ1) is 26.0. The van der Waals surface area contributed by atoms with Crippen molar-refractivity contribution in [2.45, 2.75) is 92.4 Å². The van der Waals surface area contributed by atoms with E-state index < -0.39 is 16.2 Å². The van der Waals surface area contributed by atoms with Crippen molar-refractivity contribution in [2.75, 3.05) is 14.1 Å². The fraction of sp³-hybridized carbons (Fsp3) is 0.758. The number of hydrogen-bond donors (Lipinski definition) is 0. The molecule has 0 aromatic carbocycles. The van der Waals surface area contributed by atoms with Crippen LogP contribution in [0, 0.1) is 61.6 Å². The maximum Gasteiger partial charge on any atom is 0.228 e. The largest absolute Gasteiger partial charge is 0.348 e. The number of hydrogen-bond acceptors (Lipinski definition) is 4. The van der Waals surface area contributed by atoms with Crippen LogP contribution in [-0.4, -0.2) is 36.5 Å². The van der Waals surface area contributed by atoms with Crippen molar-refractivity contribution in [1.82, 2.24) is 4.90 Å². The molecule has 6 aliphatic carbocycles. The second-order valence-electron chi connectivity index (χ2n) is 15.5. The molecule has 4 fully saturated rings. The molecule has 6 rings (SSSR count). The lowest BCUT2D eigenvalue weighted by Gasteiger charge is -2.68. The van der Waals surface area contributed by atoms with E-state index in [1.807, 2.05) is 26.2 Å². The van der Waals surface area contributed by atoms with E-state index in [4.69, 9.17) is 0 Å². The van der Waals surface area contributed by atoms with Gasteiger partial charge in [0.25, 0.3) is 0 Å². The summed E-state index contributed by atoms with van der Waals surface area (Å²) in [6.45, 7) is 11.5. The highest BCUT2D eigenvalue weighted by Crippen LogP contribution is 2.76. The lowest BCUT2D eigenvalue weighted by molar-refractivity contribution is -0.182. The normalized spacial score (nSPS) is 45.9. The Kier molecular flexibility index (Phi) is 5.13. The van der Waals surface area contributed by atoms with E-state index >= 15 is 0 Å². The van der Waals surface area contributed by atoms with Crippen molar-refractivity contribution in [3.63, 3.8) is 0 Å². The summed E-state index contributed by atoms with van der Waals surface area (Å²) >= 11 is 0. The zero-order valence-electron chi connectivity index (χ0n) is 24.4. The van der Waals surface area contributed by atoms with Crippen molar-refractivity contribution in [3.8, 4) is 6.07 Å². The number of fused-ring (bicyclic) bond motifs is 8. The van der Waals surface area contributed by atoms with Gasteiger partial charge in [-0.15, -0.1) is 0 Å². The van der Waals surface area contributed by atoms with Gasteiger partial charge in [-0.05, 0) is 91.9 Å². The fourth-order valence-corrected chi connectivity index (χ4v) is 10.8. The molecule has 1 amide bonds. The Labute approximate surface area is 228 Å². The number of carbonyl (C=O) groups excluding carboxylic acids is 3. The molecule has 5 nitrogen and oxygen atoms in total. The molecule has 0 aliphatic heterocycles. The smallest absolute Gasteiger partial charge is 0.228 e. The van der Waals surface area contributed by atoms with Gasteiger partial charge < -0.3 is 4.90 Å². The van der Waals surface area contributed by atoms with E-state index in [0.29, 0.717) is 5.57 Å². The number of Topliss-reactive ketones (excluding diaryl/α,β-unsaturated/α-hetero) is 1. The monoisotopic (exact) mass is 516 g/mol. The summed E-state index contributed by atoms with van der Waals surface area (Å²) in [4.78, 5) is 43.4. The molecule has 5 heteroatoms. The highest BCUT2D eigenvalue weighted by molar-refractivity contribution is 6.06. The Balaban J connectivity index is 1.52. The molecule has 0 N–H and O–H groups in total. The lowest BCUT2D eigenvalue weighted by Crippen LogP contribution is -2.66. The van der Waals surface area contributed by atoms with E-state index in [9.17, 15) is 19.6 Å². The number of ketones is 2. The molecular weight excluding hydrogens is 472 g/mol. The number of carbonyl (C=O) groups is 3. The van der Waals surface area contributed by atoms with Crippen molar-refractivity contribution >= 4 is 17.5 Å². The molecule has 1 spiro atoms. The zero-order valence-corrected chi connectivity index (χ0v) is 24.4. The van der Waals surface area contributed by atoms with Crippen LogP contribution >= 0.6 is 0 Å². The molecule has 6 aliphatic rings. The van der Waals surface area contributed by atoms with Gasteiger partial charge in [0.05, 0.1) is 11.0 Å². The average molecular weight is 517 g/mol. The third kappa shape index (κ3) is 2.91. The minimum atomic E-state index is -0.467. The quantitative estimate of drug-likeness (QED) is 0.425. The van der Waals surface area contributed by atoms with Crippen molar-refractivity contribution < 1.29 is 14.4 Å². The first-order chi connectivity index (χ1) is 17.6. The van der Waals surface area contributed by atoms with Gasteiger partial charge in [-0.1, -0.05) is 46.3 Å². The van der Waals surface area contributed by atoms with Crippen LogP contribution in [0.5, 0.6) is 0 Å². The molecule has 0 heterocycles. The molecule has 0 aromatic rings. The van der Waals surface area contributed by atoms with Crippen LogP contribution in [0.2, 0.25) is 0 Å². The van der Waals surface area contributed by atoms with E-state index in [-0.39, 0.29) is 51.5 Å². The van der Waals surface area contributed by atoms with Gasteiger partial charge in [-0.2, -0.15) is 5.26 Å². The van der Waals surface area contributed by atoms with E-state index in [0.717, 1.165) is 63.4 Å². The fourth-order valence-electron chi connectivity index (χ4n) is 10.8. The predicted octanol–water partition coefficient (Wildman–Crippen LogP) is 6.05. The molecule has 0 radical (unpaired) electrons. The number of allylic oxidation sites excluding steroid dienone is 4. The first-order valence-electron chi connectivity index (χ1n) is 14.8. The van der Waals surface area contributed by atoms with E-state index in [1.165, 1.54) is 0 Å². The first-order valence-corrected chi connectivity index (χ1v) is 14.8. The number of amides is 1. The Hall–Kier alpha value is -2.22. The zero-order chi connectivity index (χ0) is 27.7. The second-order valence-corrected chi connectivity index (χ2v) is 15.5. The SMILES string of the molecule is CN(C)C(=O)[C@]12CCC(C)(C)C[C@H]1[C@H]1C(=O)C=C3[C@@]4(C)C=C(C#N)C(=O)C5(CC5)[C@@H]4CC[C@@]3(C)[C@]1(C)CC2. The maximum atomic E-state index is 14.5. The summed E-state index contributed by atoms with van der Waals surface area (Å²) in [5, 5.41) is 9.92. The van der Waals surface area contributed by atoms with Gasteiger partial charge in [0, 0.05) is 30.8 Å². The molecule has 7 atom stereocenters. The van der Waals surface area contributed by atoms with E-state index in [2.05, 4.69) is 40.7 Å². The van der Waals surface area contributed by atoms with Crippen LogP contribution in [0.25, 0.3) is 0 Å². The van der Waals surface area contributed by atoms with Crippen molar-refractivity contribution in [3.05, 3.63) is 23.3 Å². The Bertz CT molecular complexity index is 1260. The number of rotatable bonds is 1. The van der Waals surface area contributed by atoms with Crippen LogP contribution in [-0.2, 0) is 14.4 Å². The molecular formula is C33H44N2O3. The third-order valence-corrected chi connectivity index (χ3v) is 13.1. The van der Waals surface area contributed by atoms with Crippen molar-refractivity contribution in [2.24, 2.45) is 50.2 Å². The van der Waals surface area contributed by atoms with Gasteiger partial charge >= 0.3 is 0 Å². The molecule has 204 valence electrons. The van der Waals surface area contributed by atoms with E-state index in [1.54, 1.807) is 4.90 Å². The van der Waals surface area contributed by atoms with Gasteiger partial charge in [0.15, 0.2) is 11.6 Å². The Morgan fingerprint density at radius 1 is 0.974 bits per heavy atom. The van der Waals surface area contributed by atoms with Crippen LogP contribution in [0.15, 0.2) is 23.3 Å².